The first kappa shape index (κ1) is 6.54. The quantitative estimate of drug-likeness (QED) is 0.645. The molecule has 0 saturated carbocycles. The summed E-state index contributed by atoms with van der Waals surface area (Å²) in [5.41, 5.74) is -0.530. The van der Waals surface area contributed by atoms with E-state index in [0.29, 0.717) is 5.39 Å². The van der Waals surface area contributed by atoms with E-state index < -0.39 is 11.4 Å². The van der Waals surface area contributed by atoms with E-state index in [9.17, 15) is 4.79 Å². The van der Waals surface area contributed by atoms with Crippen molar-refractivity contribution >= 4 is 11.0 Å². The Morgan fingerprint density at radius 2 is 2.23 bits per heavy atom. The summed E-state index contributed by atoms with van der Waals surface area (Å²) < 4.78 is 11.4. The molecule has 1 aromatic carbocycles. The number of hydrogen-bond donors (Lipinski definition) is 2. The molecule has 0 fully saturated rings. The normalized spacial score (nSPS) is 11.2. The highest BCUT2D eigenvalue weighted by Crippen LogP contribution is 2.20. The molecule has 0 amide bonds. The van der Waals surface area contributed by atoms with Crippen LogP contribution in [0.3, 0.4) is 0 Å². The van der Waals surface area contributed by atoms with Gasteiger partial charge in [0.05, 0.1) is 0 Å². The predicted octanol–water partition coefficient (Wildman–Crippen LogP) is 1.20. The van der Waals surface area contributed by atoms with Crippen molar-refractivity contribution in [1.82, 2.24) is 0 Å². The molecule has 2 N–H and O–H groups in total. The number of phenolic OH excluding ortho intramolecular Hbond substituents is 1. The SMILES string of the molecule is [2H]Oc1ccc2cc(O)c(=O)oc2c1. The predicted molar refractivity (Wildman–Crippen MR) is 45.8 cm³/mol. The number of rotatable bonds is 1. The van der Waals surface area contributed by atoms with Gasteiger partial charge in [-0.2, -0.15) is 0 Å². The minimum Gasteiger partial charge on any atom is -0.508 e. The van der Waals surface area contributed by atoms with Crippen LogP contribution in [0.2, 0.25) is 0 Å². The molecular formula is C9H6O4. The van der Waals surface area contributed by atoms with Gasteiger partial charge >= 0.3 is 5.63 Å². The van der Waals surface area contributed by atoms with Gasteiger partial charge in [-0.3, -0.25) is 0 Å². The molecule has 66 valence electrons. The highest BCUT2D eigenvalue weighted by Gasteiger charge is 2.03. The van der Waals surface area contributed by atoms with Gasteiger partial charge in [0, 0.05) is 11.5 Å². The van der Waals surface area contributed by atoms with E-state index in [-0.39, 0.29) is 11.3 Å². The minimum atomic E-state index is -0.806. The van der Waals surface area contributed by atoms with Crippen molar-refractivity contribution in [3.63, 3.8) is 0 Å². The second-order valence-electron chi connectivity index (χ2n) is 2.62. The third-order valence-electron chi connectivity index (χ3n) is 1.69. The zero-order chi connectivity index (χ0) is 10.1. The van der Waals surface area contributed by atoms with Gasteiger partial charge in [-0.25, -0.2) is 4.79 Å². The lowest BCUT2D eigenvalue weighted by Crippen LogP contribution is -1.96. The van der Waals surface area contributed by atoms with Crippen molar-refractivity contribution < 1.29 is 14.6 Å². The molecule has 0 radical (unpaired) electrons. The van der Waals surface area contributed by atoms with Crippen LogP contribution in [0.5, 0.6) is 11.5 Å². The maximum Gasteiger partial charge on any atom is 0.378 e. The second-order valence-corrected chi connectivity index (χ2v) is 2.62. The second kappa shape index (κ2) is 2.52. The van der Waals surface area contributed by atoms with E-state index in [1.165, 1.54) is 18.2 Å². The lowest BCUT2D eigenvalue weighted by molar-refractivity contribution is 0.426. The molecule has 0 spiro atoms. The van der Waals surface area contributed by atoms with Gasteiger partial charge in [-0.15, -0.1) is 0 Å². The van der Waals surface area contributed by atoms with Gasteiger partial charge < -0.3 is 14.6 Å². The number of phenols is 1. The molecule has 1 aromatic heterocycles. The Hall–Kier alpha value is -1.97. The Morgan fingerprint density at radius 3 is 3.00 bits per heavy atom. The Morgan fingerprint density at radius 1 is 1.38 bits per heavy atom. The molecule has 0 aliphatic rings. The van der Waals surface area contributed by atoms with Crippen LogP contribution in [0, 0.1) is 0 Å². The minimum absolute atomic E-state index is 0.270. The summed E-state index contributed by atoms with van der Waals surface area (Å²) in [6, 6.07) is 5.83. The van der Waals surface area contributed by atoms with Gasteiger partial charge in [0.25, 0.3) is 1.43 Å². The Kier molecular flexibility index (Phi) is 1.26. The summed E-state index contributed by atoms with van der Waals surface area (Å²) in [4.78, 5) is 10.9. The molecule has 0 unspecified atom stereocenters. The summed E-state index contributed by atoms with van der Waals surface area (Å²) in [6.07, 6.45) is 0. The van der Waals surface area contributed by atoms with Crippen molar-refractivity contribution in [2.75, 3.05) is 0 Å². The van der Waals surface area contributed by atoms with Crippen LogP contribution in [0.4, 0.5) is 0 Å². The average molecular weight is 179 g/mol. The number of hydrogen-bond acceptors (Lipinski definition) is 4. The Labute approximate surface area is 74.2 Å². The van der Waals surface area contributed by atoms with Crippen molar-refractivity contribution in [3.05, 3.63) is 34.7 Å². The maximum atomic E-state index is 10.9. The molecule has 0 atom stereocenters. The molecule has 0 saturated heterocycles. The lowest BCUT2D eigenvalue weighted by atomic mass is 10.2. The number of fused-ring (bicyclic) bond motifs is 1. The molecule has 13 heavy (non-hydrogen) atoms. The van der Waals surface area contributed by atoms with Gasteiger partial charge in [0.1, 0.15) is 11.3 Å². The van der Waals surface area contributed by atoms with E-state index in [4.69, 9.17) is 11.0 Å². The molecule has 4 nitrogen and oxygen atoms in total. The topological polar surface area (TPSA) is 70.7 Å². The van der Waals surface area contributed by atoms with Crippen LogP contribution in [-0.4, -0.2) is 11.6 Å². The third-order valence-corrected chi connectivity index (χ3v) is 1.69. The fourth-order valence-corrected chi connectivity index (χ4v) is 1.08. The first-order valence-corrected chi connectivity index (χ1v) is 3.61. The standard InChI is InChI=1S/C9H6O4/c10-6-2-1-5-3-7(11)9(12)13-8(5)4-6/h1-4,10-11H/i/hD. The molecule has 0 aliphatic heterocycles. The fraction of sp³-hybridized carbons (Fsp3) is 0. The zero-order valence-electron chi connectivity index (χ0n) is 7.48. The summed E-state index contributed by atoms with van der Waals surface area (Å²) >= 11 is 0. The number of aromatic hydroxyl groups is 2. The zero-order valence-corrected chi connectivity index (χ0v) is 6.48. The Balaban J connectivity index is 2.77. The van der Waals surface area contributed by atoms with E-state index in [1.54, 1.807) is 6.07 Å². The summed E-state index contributed by atoms with van der Waals surface area (Å²) in [5, 5.41) is 13.9. The van der Waals surface area contributed by atoms with Crippen LogP contribution in [-0.2, 0) is 0 Å². The first-order chi connectivity index (χ1) is 6.70. The van der Waals surface area contributed by atoms with Crippen LogP contribution < -0.4 is 5.63 Å². The van der Waals surface area contributed by atoms with Gasteiger partial charge in [-0.1, -0.05) is 0 Å². The summed E-state index contributed by atoms with van der Waals surface area (Å²) in [7, 11) is 0. The molecule has 2 rings (SSSR count). The molecule has 2 aromatic rings. The average Bonchev–Trinajstić information content (AvgIpc) is 2.19. The smallest absolute Gasteiger partial charge is 0.378 e. The van der Waals surface area contributed by atoms with Crippen molar-refractivity contribution in [3.8, 4) is 11.5 Å². The Bertz CT molecular complexity index is 532. The van der Waals surface area contributed by atoms with Crippen molar-refractivity contribution in [2.45, 2.75) is 0 Å². The lowest BCUT2D eigenvalue weighted by Gasteiger charge is -1.97. The van der Waals surface area contributed by atoms with Gasteiger partial charge in [-0.05, 0) is 18.2 Å². The largest absolute Gasteiger partial charge is 0.508 e. The molecular weight excluding hydrogens is 172 g/mol. The highest BCUT2D eigenvalue weighted by molar-refractivity contribution is 5.78. The van der Waals surface area contributed by atoms with Crippen molar-refractivity contribution in [2.24, 2.45) is 0 Å². The molecule has 0 aliphatic carbocycles. The van der Waals surface area contributed by atoms with E-state index in [1.807, 2.05) is 0 Å². The van der Waals surface area contributed by atoms with E-state index >= 15 is 0 Å². The molecule has 0 bridgehead atoms. The first-order valence-electron chi connectivity index (χ1n) is 4.01. The summed E-state index contributed by atoms with van der Waals surface area (Å²) in [6.45, 7) is 0. The van der Waals surface area contributed by atoms with Gasteiger partial charge in [0.2, 0.25) is 5.75 Å². The third kappa shape index (κ3) is 1.22. The highest BCUT2D eigenvalue weighted by atomic mass is 16.4. The van der Waals surface area contributed by atoms with Crippen molar-refractivity contribution in [1.29, 1.82) is 1.43 Å². The molecule has 1 heterocycles. The number of benzene rings is 1. The molecule has 4 heteroatoms. The van der Waals surface area contributed by atoms with Crippen LogP contribution in [0.25, 0.3) is 11.0 Å². The van der Waals surface area contributed by atoms with E-state index in [0.717, 1.165) is 0 Å². The fourth-order valence-electron chi connectivity index (χ4n) is 1.08. The van der Waals surface area contributed by atoms with E-state index in [2.05, 4.69) is 5.11 Å². The summed E-state index contributed by atoms with van der Waals surface area (Å²) in [5.74, 6) is -0.164. The van der Waals surface area contributed by atoms with Gasteiger partial charge in [0.15, 0.2) is 0 Å². The van der Waals surface area contributed by atoms with Crippen LogP contribution in [0.1, 0.15) is 0 Å². The monoisotopic (exact) mass is 179 g/mol. The van der Waals surface area contributed by atoms with Crippen LogP contribution in [0.15, 0.2) is 33.5 Å². The van der Waals surface area contributed by atoms with Crippen LogP contribution >= 0.6 is 0 Å². The maximum absolute atomic E-state index is 10.9.